The second-order valence-corrected chi connectivity index (χ2v) is 7.64. The Morgan fingerprint density at radius 2 is 2.04 bits per heavy atom. The molecule has 1 aromatic rings. The molecule has 0 atom stereocenters. The molecule has 2 saturated carbocycles. The Morgan fingerprint density at radius 1 is 1.31 bits per heavy atom. The number of thioether (sulfide) groups is 1. The molecule has 0 spiro atoms. The zero-order valence-electron chi connectivity index (χ0n) is 14.9. The van der Waals surface area contributed by atoms with Crippen molar-refractivity contribution in [2.45, 2.75) is 61.9 Å². The van der Waals surface area contributed by atoms with Gasteiger partial charge in [-0.3, -0.25) is 4.79 Å². The van der Waals surface area contributed by atoms with E-state index in [9.17, 15) is 14.9 Å². The molecule has 138 valence electrons. The predicted octanol–water partition coefficient (Wildman–Crippen LogP) is 3.16. The Morgan fingerprint density at radius 3 is 2.65 bits per heavy atom. The molecule has 0 saturated heterocycles. The molecule has 2 aliphatic carbocycles. The molecule has 1 aromatic heterocycles. The number of amides is 1. The lowest BCUT2D eigenvalue weighted by molar-refractivity contribution is -0.125. The zero-order valence-corrected chi connectivity index (χ0v) is 15.7. The molecule has 0 aliphatic heterocycles. The predicted molar refractivity (Wildman–Crippen MR) is 98.0 cm³/mol. The highest BCUT2D eigenvalue weighted by atomic mass is 32.2. The van der Waals surface area contributed by atoms with Gasteiger partial charge in [-0.15, -0.1) is 11.8 Å². The molecule has 7 heteroatoms. The third kappa shape index (κ3) is 4.55. The number of pyridine rings is 1. The first-order chi connectivity index (χ1) is 12.6. The fourth-order valence-corrected chi connectivity index (χ4v) is 3.83. The molecule has 2 aliphatic rings. The maximum atomic E-state index is 12.5. The second-order valence-electron chi connectivity index (χ2n) is 6.84. The van der Waals surface area contributed by atoms with Crippen molar-refractivity contribution in [2.24, 2.45) is 0 Å². The summed E-state index contributed by atoms with van der Waals surface area (Å²) >= 11 is 1.34. The zero-order chi connectivity index (χ0) is 18.5. The summed E-state index contributed by atoms with van der Waals surface area (Å²) < 4.78 is 5.19. The lowest BCUT2D eigenvalue weighted by Gasteiger charge is -2.22. The summed E-state index contributed by atoms with van der Waals surface area (Å²) in [5, 5.41) is 12.9. The van der Waals surface area contributed by atoms with Crippen molar-refractivity contribution in [3.63, 3.8) is 0 Å². The van der Waals surface area contributed by atoms with Crippen molar-refractivity contribution >= 4 is 23.6 Å². The van der Waals surface area contributed by atoms with Crippen LogP contribution >= 0.6 is 11.8 Å². The van der Waals surface area contributed by atoms with E-state index in [1.807, 2.05) is 6.26 Å². The monoisotopic (exact) mass is 373 g/mol. The number of nitrogens with one attached hydrogen (secondary N) is 1. The first kappa shape index (κ1) is 18.7. The quantitative estimate of drug-likeness (QED) is 0.608. The van der Waals surface area contributed by atoms with Crippen LogP contribution in [0, 0.1) is 11.3 Å². The van der Waals surface area contributed by atoms with Crippen LogP contribution in [-0.2, 0) is 9.53 Å². The Balaban J connectivity index is 1.65. The van der Waals surface area contributed by atoms with Crippen molar-refractivity contribution in [3.05, 3.63) is 22.9 Å². The van der Waals surface area contributed by atoms with E-state index >= 15 is 0 Å². The minimum Gasteiger partial charge on any atom is -0.452 e. The van der Waals surface area contributed by atoms with Gasteiger partial charge >= 0.3 is 5.97 Å². The fraction of sp³-hybridized carbons (Fsp3) is 0.579. The summed E-state index contributed by atoms with van der Waals surface area (Å²) in [7, 11) is 0. The number of ether oxygens (including phenoxy) is 1. The van der Waals surface area contributed by atoms with E-state index < -0.39 is 5.97 Å². The van der Waals surface area contributed by atoms with Crippen LogP contribution in [0.15, 0.2) is 11.1 Å². The lowest BCUT2D eigenvalue weighted by Crippen LogP contribution is -2.38. The molecule has 0 radical (unpaired) electrons. The Labute approximate surface area is 157 Å². The summed E-state index contributed by atoms with van der Waals surface area (Å²) in [6, 6.07) is 3.88. The first-order valence-corrected chi connectivity index (χ1v) is 10.3. The van der Waals surface area contributed by atoms with Crippen molar-refractivity contribution < 1.29 is 14.3 Å². The fourth-order valence-electron chi connectivity index (χ4n) is 3.27. The summed E-state index contributed by atoms with van der Waals surface area (Å²) in [6.07, 6.45) is 9.32. The number of carbonyl (C=O) groups excluding carboxylic acids is 2. The summed E-state index contributed by atoms with van der Waals surface area (Å²) in [5.41, 5.74) is 1.26. The van der Waals surface area contributed by atoms with Crippen LogP contribution in [-0.4, -0.2) is 35.8 Å². The molecule has 1 N–H and O–H groups in total. The van der Waals surface area contributed by atoms with E-state index in [-0.39, 0.29) is 29.7 Å². The molecular weight excluding hydrogens is 350 g/mol. The summed E-state index contributed by atoms with van der Waals surface area (Å²) in [5.74, 6) is -0.569. The Kier molecular flexibility index (Phi) is 6.15. The van der Waals surface area contributed by atoms with Crippen LogP contribution in [0.25, 0.3) is 0 Å². The molecule has 26 heavy (non-hydrogen) atoms. The van der Waals surface area contributed by atoms with Gasteiger partial charge in [0.2, 0.25) is 0 Å². The lowest BCUT2D eigenvalue weighted by atomic mass is 9.95. The number of carbonyl (C=O) groups is 2. The van der Waals surface area contributed by atoms with Gasteiger partial charge in [0.15, 0.2) is 6.61 Å². The van der Waals surface area contributed by atoms with Gasteiger partial charge in [0.1, 0.15) is 11.1 Å². The molecule has 3 rings (SSSR count). The highest BCUT2D eigenvalue weighted by Gasteiger charge is 2.29. The molecule has 0 bridgehead atoms. The van der Waals surface area contributed by atoms with E-state index in [2.05, 4.69) is 16.4 Å². The first-order valence-electron chi connectivity index (χ1n) is 9.08. The molecule has 1 amide bonds. The van der Waals surface area contributed by atoms with E-state index in [1.54, 1.807) is 6.07 Å². The molecule has 0 aromatic carbocycles. The topological polar surface area (TPSA) is 92.1 Å². The minimum atomic E-state index is -0.639. The van der Waals surface area contributed by atoms with Gasteiger partial charge < -0.3 is 10.1 Å². The van der Waals surface area contributed by atoms with Crippen molar-refractivity contribution in [1.82, 2.24) is 10.3 Å². The maximum absolute atomic E-state index is 12.5. The third-order valence-electron chi connectivity index (χ3n) is 4.83. The van der Waals surface area contributed by atoms with Crippen LogP contribution in [0.2, 0.25) is 0 Å². The summed E-state index contributed by atoms with van der Waals surface area (Å²) in [6.45, 7) is -0.324. The highest BCUT2D eigenvalue weighted by molar-refractivity contribution is 7.98. The van der Waals surface area contributed by atoms with Crippen molar-refractivity contribution in [3.8, 4) is 6.07 Å². The van der Waals surface area contributed by atoms with Crippen LogP contribution < -0.4 is 5.32 Å². The smallest absolute Gasteiger partial charge is 0.340 e. The van der Waals surface area contributed by atoms with Gasteiger partial charge in [-0.25, -0.2) is 9.78 Å². The van der Waals surface area contributed by atoms with Crippen LogP contribution in [0.3, 0.4) is 0 Å². The molecular formula is C19H23N3O3S. The Hall–Kier alpha value is -2.07. The van der Waals surface area contributed by atoms with Crippen molar-refractivity contribution in [2.75, 3.05) is 12.9 Å². The summed E-state index contributed by atoms with van der Waals surface area (Å²) in [4.78, 5) is 29.0. The van der Waals surface area contributed by atoms with Gasteiger partial charge in [0.25, 0.3) is 5.91 Å². The van der Waals surface area contributed by atoms with E-state index in [1.165, 1.54) is 18.2 Å². The number of nitrogens with zero attached hydrogens (tertiary/aromatic N) is 2. The minimum absolute atomic E-state index is 0.176. The Bertz CT molecular complexity index is 734. The number of rotatable bonds is 6. The molecule has 0 unspecified atom stereocenters. The number of esters is 1. The largest absolute Gasteiger partial charge is 0.452 e. The van der Waals surface area contributed by atoms with E-state index in [0.717, 1.165) is 44.2 Å². The van der Waals surface area contributed by atoms with Crippen LogP contribution in [0.4, 0.5) is 0 Å². The second kappa shape index (κ2) is 8.54. The normalized spacial score (nSPS) is 17.4. The van der Waals surface area contributed by atoms with Gasteiger partial charge in [0.05, 0.1) is 11.1 Å². The highest BCUT2D eigenvalue weighted by Crippen LogP contribution is 2.40. The van der Waals surface area contributed by atoms with Crippen molar-refractivity contribution in [1.29, 1.82) is 5.26 Å². The number of hydrogen-bond donors (Lipinski definition) is 1. The van der Waals surface area contributed by atoms with Crippen LogP contribution in [0.5, 0.6) is 0 Å². The molecule has 6 nitrogen and oxygen atoms in total. The average Bonchev–Trinajstić information content (AvgIpc) is 3.51. The number of hydrogen-bond acceptors (Lipinski definition) is 6. The maximum Gasteiger partial charge on any atom is 0.340 e. The number of aromatic nitrogens is 1. The van der Waals surface area contributed by atoms with Crippen LogP contribution in [0.1, 0.15) is 72.5 Å². The number of nitriles is 1. The average molecular weight is 373 g/mol. The van der Waals surface area contributed by atoms with Gasteiger partial charge in [-0.1, -0.05) is 19.3 Å². The SMILES string of the molecule is CSc1nc(C2CC2)cc(C(=O)OCC(=O)NC2CCCCC2)c1C#N. The van der Waals surface area contributed by atoms with Gasteiger partial charge in [0, 0.05) is 17.7 Å². The molecule has 1 heterocycles. The van der Waals surface area contributed by atoms with Gasteiger partial charge in [-0.05, 0) is 38.0 Å². The third-order valence-corrected chi connectivity index (χ3v) is 5.51. The standard InChI is InChI=1S/C19H23N3O3S/c1-26-18-15(10-20)14(9-16(22-18)12-7-8-12)19(24)25-11-17(23)21-13-5-3-2-4-6-13/h9,12-13H,2-8,11H2,1H3,(H,21,23). The van der Waals surface area contributed by atoms with E-state index in [4.69, 9.17) is 4.74 Å². The van der Waals surface area contributed by atoms with E-state index in [0.29, 0.717) is 10.9 Å². The van der Waals surface area contributed by atoms with Gasteiger partial charge in [-0.2, -0.15) is 5.26 Å². The molecule has 2 fully saturated rings.